The number of carbonyl (C=O) groups excluding carboxylic acids is 2. The SMILES string of the molecule is O=C1C[C@H]([NH+]2CCC(c3nc4ccccc4o3)CC2)C(=O)N1c1ccc2c(c1)OCO2. The fourth-order valence-corrected chi connectivity index (χ4v) is 4.90. The molecule has 0 aliphatic carbocycles. The number of likely N-dealkylation sites (tertiary alicyclic amines) is 1. The largest absolute Gasteiger partial charge is 0.454 e. The number of imide groups is 1. The van der Waals surface area contributed by atoms with Gasteiger partial charge >= 0.3 is 0 Å². The van der Waals surface area contributed by atoms with Gasteiger partial charge in [-0.3, -0.25) is 9.59 Å². The third-order valence-corrected chi connectivity index (χ3v) is 6.54. The molecule has 0 bridgehead atoms. The lowest BCUT2D eigenvalue weighted by Crippen LogP contribution is -3.17. The third-order valence-electron chi connectivity index (χ3n) is 6.54. The van der Waals surface area contributed by atoms with Crippen LogP contribution in [-0.4, -0.2) is 42.7 Å². The van der Waals surface area contributed by atoms with E-state index in [0.717, 1.165) is 47.8 Å². The number of nitrogens with one attached hydrogen (secondary N) is 1. The van der Waals surface area contributed by atoms with Crippen molar-refractivity contribution in [3.05, 3.63) is 48.4 Å². The van der Waals surface area contributed by atoms with Crippen LogP contribution in [0.4, 0.5) is 5.69 Å². The number of rotatable bonds is 3. The summed E-state index contributed by atoms with van der Waals surface area (Å²) < 4.78 is 16.7. The van der Waals surface area contributed by atoms with E-state index in [4.69, 9.17) is 13.9 Å². The van der Waals surface area contributed by atoms with Crippen molar-refractivity contribution in [1.29, 1.82) is 0 Å². The second kappa shape index (κ2) is 7.09. The van der Waals surface area contributed by atoms with Crippen LogP contribution in [0.1, 0.15) is 31.1 Å². The van der Waals surface area contributed by atoms with E-state index in [-0.39, 0.29) is 37.0 Å². The van der Waals surface area contributed by atoms with Gasteiger partial charge in [-0.1, -0.05) is 12.1 Å². The number of carbonyl (C=O) groups is 2. The van der Waals surface area contributed by atoms with E-state index >= 15 is 0 Å². The number of ether oxygens (including phenoxy) is 2. The van der Waals surface area contributed by atoms with E-state index in [2.05, 4.69) is 4.98 Å². The first-order valence-electron chi connectivity index (χ1n) is 10.6. The molecule has 2 aromatic carbocycles. The number of benzene rings is 2. The number of hydrogen-bond donors (Lipinski definition) is 1. The molecule has 3 aromatic rings. The molecule has 3 aliphatic heterocycles. The number of amides is 2. The average Bonchev–Trinajstić information content (AvgIpc) is 3.50. The summed E-state index contributed by atoms with van der Waals surface area (Å²) in [5.41, 5.74) is 2.23. The van der Waals surface area contributed by atoms with Crippen LogP contribution in [0, 0.1) is 0 Å². The number of nitrogens with zero attached hydrogens (tertiary/aromatic N) is 2. The zero-order valence-corrected chi connectivity index (χ0v) is 16.9. The van der Waals surface area contributed by atoms with Crippen molar-refractivity contribution >= 4 is 28.6 Å². The average molecular weight is 420 g/mol. The lowest BCUT2D eigenvalue weighted by Gasteiger charge is -2.30. The molecule has 0 saturated carbocycles. The number of anilines is 1. The van der Waals surface area contributed by atoms with Gasteiger partial charge in [0.1, 0.15) is 5.52 Å². The molecule has 0 radical (unpaired) electrons. The van der Waals surface area contributed by atoms with E-state index in [1.54, 1.807) is 18.2 Å². The highest BCUT2D eigenvalue weighted by atomic mass is 16.7. The molecule has 8 heteroatoms. The molecule has 158 valence electrons. The van der Waals surface area contributed by atoms with Gasteiger partial charge in [0.25, 0.3) is 5.91 Å². The standard InChI is InChI=1S/C23H21N3O5/c27-21-12-17(23(28)26(21)15-5-6-19-20(11-15)30-13-29-19)25-9-7-14(8-10-25)22-24-16-3-1-2-4-18(16)31-22/h1-6,11,14,17H,7-10,12-13H2/p+1/t17-/m0/s1. The van der Waals surface area contributed by atoms with Crippen molar-refractivity contribution in [2.45, 2.75) is 31.2 Å². The maximum absolute atomic E-state index is 13.2. The molecule has 1 aromatic heterocycles. The van der Waals surface area contributed by atoms with Crippen LogP contribution in [0.3, 0.4) is 0 Å². The van der Waals surface area contributed by atoms with Crippen molar-refractivity contribution in [3.8, 4) is 11.5 Å². The van der Waals surface area contributed by atoms with Crippen LogP contribution in [0.2, 0.25) is 0 Å². The minimum atomic E-state index is -0.345. The monoisotopic (exact) mass is 420 g/mol. The maximum atomic E-state index is 13.2. The quantitative estimate of drug-likeness (QED) is 0.649. The predicted octanol–water partition coefficient (Wildman–Crippen LogP) is 1.65. The summed E-state index contributed by atoms with van der Waals surface area (Å²) in [6.45, 7) is 1.77. The topological polar surface area (TPSA) is 86.3 Å². The normalized spacial score (nSPS) is 25.5. The second-order valence-corrected chi connectivity index (χ2v) is 8.31. The Kier molecular flexibility index (Phi) is 4.21. The van der Waals surface area contributed by atoms with Gasteiger partial charge < -0.3 is 18.8 Å². The van der Waals surface area contributed by atoms with Crippen LogP contribution in [0.5, 0.6) is 11.5 Å². The molecule has 6 rings (SSSR count). The van der Waals surface area contributed by atoms with Gasteiger partial charge in [-0.2, -0.15) is 0 Å². The molecule has 1 atom stereocenters. The summed E-state index contributed by atoms with van der Waals surface area (Å²) in [6.07, 6.45) is 1.99. The first-order chi connectivity index (χ1) is 15.2. The number of fused-ring (bicyclic) bond motifs is 2. The number of hydrogen-bond acceptors (Lipinski definition) is 6. The van der Waals surface area contributed by atoms with E-state index < -0.39 is 0 Å². The molecular weight excluding hydrogens is 398 g/mol. The summed E-state index contributed by atoms with van der Waals surface area (Å²) in [4.78, 5) is 33.0. The summed E-state index contributed by atoms with van der Waals surface area (Å²) in [5.74, 6) is 1.91. The maximum Gasteiger partial charge on any atom is 0.292 e. The third kappa shape index (κ3) is 3.06. The Morgan fingerprint density at radius 3 is 2.65 bits per heavy atom. The van der Waals surface area contributed by atoms with Crippen LogP contribution < -0.4 is 19.3 Å². The minimum absolute atomic E-state index is 0.140. The molecule has 0 spiro atoms. The van der Waals surface area contributed by atoms with Crippen molar-refractivity contribution < 1.29 is 28.4 Å². The fraction of sp³-hybridized carbons (Fsp3) is 0.348. The zero-order valence-electron chi connectivity index (χ0n) is 16.9. The summed E-state index contributed by atoms with van der Waals surface area (Å²) >= 11 is 0. The molecule has 3 aliphatic rings. The Morgan fingerprint density at radius 1 is 1.00 bits per heavy atom. The predicted molar refractivity (Wildman–Crippen MR) is 110 cm³/mol. The lowest BCUT2D eigenvalue weighted by molar-refractivity contribution is -0.920. The summed E-state index contributed by atoms with van der Waals surface area (Å²) in [7, 11) is 0. The van der Waals surface area contributed by atoms with Crippen molar-refractivity contribution in [2.75, 3.05) is 24.8 Å². The molecule has 0 unspecified atom stereocenters. The first kappa shape index (κ1) is 18.4. The first-order valence-corrected chi connectivity index (χ1v) is 10.6. The van der Waals surface area contributed by atoms with Gasteiger partial charge in [-0.25, -0.2) is 9.88 Å². The molecule has 2 saturated heterocycles. The van der Waals surface area contributed by atoms with Crippen molar-refractivity contribution in [1.82, 2.24) is 4.98 Å². The van der Waals surface area contributed by atoms with Gasteiger partial charge in [0.05, 0.1) is 25.2 Å². The van der Waals surface area contributed by atoms with Crippen LogP contribution in [0.15, 0.2) is 46.9 Å². The van der Waals surface area contributed by atoms with Crippen LogP contribution in [0.25, 0.3) is 11.1 Å². The smallest absolute Gasteiger partial charge is 0.292 e. The van der Waals surface area contributed by atoms with Gasteiger partial charge in [-0.05, 0) is 24.3 Å². The number of aromatic nitrogens is 1. The molecule has 2 amide bonds. The van der Waals surface area contributed by atoms with E-state index in [1.165, 1.54) is 4.90 Å². The van der Waals surface area contributed by atoms with Gasteiger partial charge in [0, 0.05) is 24.8 Å². The Hall–Kier alpha value is -3.39. The lowest BCUT2D eigenvalue weighted by atomic mass is 9.95. The van der Waals surface area contributed by atoms with Crippen LogP contribution >= 0.6 is 0 Å². The zero-order chi connectivity index (χ0) is 20.9. The molecule has 8 nitrogen and oxygen atoms in total. The summed E-state index contributed by atoms with van der Waals surface area (Å²) in [6, 6.07) is 12.6. The number of para-hydroxylation sites is 2. The Bertz CT molecular complexity index is 1150. The highest BCUT2D eigenvalue weighted by molar-refractivity contribution is 6.22. The van der Waals surface area contributed by atoms with Gasteiger partial charge in [-0.15, -0.1) is 0 Å². The highest BCUT2D eigenvalue weighted by Crippen LogP contribution is 2.36. The molecule has 4 heterocycles. The Morgan fingerprint density at radius 2 is 1.81 bits per heavy atom. The second-order valence-electron chi connectivity index (χ2n) is 8.31. The van der Waals surface area contributed by atoms with Crippen molar-refractivity contribution in [3.63, 3.8) is 0 Å². The molecule has 2 fully saturated rings. The number of piperidine rings is 1. The van der Waals surface area contributed by atoms with Crippen molar-refractivity contribution in [2.24, 2.45) is 0 Å². The van der Waals surface area contributed by atoms with E-state index in [0.29, 0.717) is 17.2 Å². The number of oxazole rings is 1. The highest BCUT2D eigenvalue weighted by Gasteiger charge is 2.47. The van der Waals surface area contributed by atoms with Crippen LogP contribution in [-0.2, 0) is 9.59 Å². The van der Waals surface area contributed by atoms with Gasteiger partial charge in [0.2, 0.25) is 12.7 Å². The summed E-state index contributed by atoms with van der Waals surface area (Å²) in [5, 5.41) is 0. The Balaban J connectivity index is 1.16. The van der Waals surface area contributed by atoms with E-state index in [1.807, 2.05) is 24.3 Å². The molecule has 31 heavy (non-hydrogen) atoms. The molecule has 1 N–H and O–H groups in total. The molecular formula is C23H22N3O5+. The number of quaternary nitrogens is 1. The van der Waals surface area contributed by atoms with E-state index in [9.17, 15) is 9.59 Å². The Labute approximate surface area is 178 Å². The fourth-order valence-electron chi connectivity index (χ4n) is 4.90. The van der Waals surface area contributed by atoms with Gasteiger partial charge in [0.15, 0.2) is 29.0 Å². The minimum Gasteiger partial charge on any atom is -0.454 e.